The number of sulfonamides is 1. The minimum absolute atomic E-state index is 0.0999. The standard InChI is InChI=1S/C21H27N5O3S2/c1-13(2)26-20-17(11-22-26)16(10-18(24-20)19-8-7-14(3)30-19)21(27)23-15-6-5-9-25(12-15)31(4,28)29/h7-8,10-11,13,15H,5-6,9,12H2,1-4H3,(H,23,27). The summed E-state index contributed by atoms with van der Waals surface area (Å²) in [5.41, 5.74) is 1.92. The lowest BCUT2D eigenvalue weighted by molar-refractivity contribution is 0.0923. The largest absolute Gasteiger partial charge is 0.348 e. The molecule has 0 aliphatic carbocycles. The zero-order chi connectivity index (χ0) is 22.3. The van der Waals surface area contributed by atoms with E-state index in [0.29, 0.717) is 29.7 Å². The van der Waals surface area contributed by atoms with Gasteiger partial charge in [0.15, 0.2) is 5.65 Å². The number of pyridine rings is 1. The topological polar surface area (TPSA) is 97.2 Å². The maximum atomic E-state index is 13.3. The fourth-order valence-electron chi connectivity index (χ4n) is 3.91. The second-order valence-corrected chi connectivity index (χ2v) is 11.6. The van der Waals surface area contributed by atoms with Crippen molar-refractivity contribution in [2.45, 2.75) is 45.7 Å². The van der Waals surface area contributed by atoms with E-state index in [4.69, 9.17) is 4.98 Å². The van der Waals surface area contributed by atoms with E-state index in [1.54, 1.807) is 17.5 Å². The van der Waals surface area contributed by atoms with Crippen LogP contribution in [-0.2, 0) is 10.0 Å². The zero-order valence-corrected chi connectivity index (χ0v) is 19.8. The van der Waals surface area contributed by atoms with E-state index in [1.165, 1.54) is 15.4 Å². The van der Waals surface area contributed by atoms with Gasteiger partial charge in [-0.3, -0.25) is 4.79 Å². The van der Waals surface area contributed by atoms with Gasteiger partial charge in [-0.25, -0.2) is 22.4 Å². The van der Waals surface area contributed by atoms with Crippen LogP contribution in [0.5, 0.6) is 0 Å². The summed E-state index contributed by atoms with van der Waals surface area (Å²) in [6.07, 6.45) is 4.35. The summed E-state index contributed by atoms with van der Waals surface area (Å²) in [4.78, 5) is 20.3. The molecule has 0 spiro atoms. The van der Waals surface area contributed by atoms with Crippen LogP contribution in [-0.4, -0.2) is 58.8 Å². The molecule has 8 nitrogen and oxygen atoms in total. The Hall–Kier alpha value is -2.30. The molecule has 10 heteroatoms. The van der Waals surface area contributed by atoms with E-state index in [1.807, 2.05) is 43.7 Å². The van der Waals surface area contributed by atoms with Gasteiger partial charge in [0.25, 0.3) is 5.91 Å². The molecule has 4 heterocycles. The van der Waals surface area contributed by atoms with Crippen molar-refractivity contribution in [1.29, 1.82) is 0 Å². The Morgan fingerprint density at radius 3 is 2.74 bits per heavy atom. The van der Waals surface area contributed by atoms with Crippen molar-refractivity contribution in [3.63, 3.8) is 0 Å². The van der Waals surface area contributed by atoms with Crippen molar-refractivity contribution in [1.82, 2.24) is 24.4 Å². The Morgan fingerprint density at radius 2 is 2.10 bits per heavy atom. The summed E-state index contributed by atoms with van der Waals surface area (Å²) in [7, 11) is -3.28. The highest BCUT2D eigenvalue weighted by molar-refractivity contribution is 7.88. The molecule has 1 atom stereocenters. The van der Waals surface area contributed by atoms with E-state index >= 15 is 0 Å². The number of nitrogens with one attached hydrogen (secondary N) is 1. The first-order chi connectivity index (χ1) is 14.6. The van der Waals surface area contributed by atoms with Gasteiger partial charge >= 0.3 is 0 Å². The van der Waals surface area contributed by atoms with Gasteiger partial charge in [0.1, 0.15) is 0 Å². The number of carbonyl (C=O) groups is 1. The SMILES string of the molecule is Cc1ccc(-c2cc(C(=O)NC3CCCN(S(C)(=O)=O)C3)c3cnn(C(C)C)c3n2)s1. The second-order valence-electron chi connectivity index (χ2n) is 8.32. The Kier molecular flexibility index (Phi) is 5.89. The second kappa shape index (κ2) is 8.33. The third-order valence-electron chi connectivity index (χ3n) is 5.48. The molecule has 0 saturated carbocycles. The molecule has 1 saturated heterocycles. The van der Waals surface area contributed by atoms with Gasteiger partial charge in [-0.1, -0.05) is 0 Å². The van der Waals surface area contributed by atoms with Crippen LogP contribution in [0.2, 0.25) is 0 Å². The predicted molar refractivity (Wildman–Crippen MR) is 123 cm³/mol. The molecule has 0 radical (unpaired) electrons. The van der Waals surface area contributed by atoms with Crippen molar-refractivity contribution in [3.05, 3.63) is 34.8 Å². The molecule has 3 aromatic rings. The van der Waals surface area contributed by atoms with E-state index in [0.717, 1.165) is 23.4 Å². The van der Waals surface area contributed by atoms with Gasteiger partial charge in [0, 0.05) is 30.1 Å². The summed E-state index contributed by atoms with van der Waals surface area (Å²) in [5.74, 6) is -0.231. The number of amides is 1. The molecule has 31 heavy (non-hydrogen) atoms. The monoisotopic (exact) mass is 461 g/mol. The van der Waals surface area contributed by atoms with Crippen LogP contribution in [0, 0.1) is 6.92 Å². The number of aromatic nitrogens is 3. The van der Waals surface area contributed by atoms with Gasteiger partial charge in [-0.05, 0) is 51.8 Å². The molecule has 1 N–H and O–H groups in total. The van der Waals surface area contributed by atoms with E-state index in [-0.39, 0.29) is 18.0 Å². The first kappa shape index (κ1) is 21.9. The molecule has 1 aliphatic heterocycles. The number of fused-ring (bicyclic) bond motifs is 1. The molecule has 1 fully saturated rings. The lowest BCUT2D eigenvalue weighted by Crippen LogP contribution is -2.49. The molecule has 4 rings (SSSR count). The van der Waals surface area contributed by atoms with Crippen molar-refractivity contribution in [2.24, 2.45) is 0 Å². The number of thiophene rings is 1. The highest BCUT2D eigenvalue weighted by atomic mass is 32.2. The summed E-state index contributed by atoms with van der Waals surface area (Å²) in [6.45, 7) is 6.87. The number of hydrogen-bond donors (Lipinski definition) is 1. The van der Waals surface area contributed by atoms with Crippen LogP contribution in [0.25, 0.3) is 21.6 Å². The van der Waals surface area contributed by atoms with Gasteiger partial charge in [0.05, 0.1) is 34.0 Å². The third-order valence-corrected chi connectivity index (χ3v) is 7.77. The Labute approximate surface area is 186 Å². The minimum Gasteiger partial charge on any atom is -0.348 e. The smallest absolute Gasteiger partial charge is 0.252 e. The van der Waals surface area contributed by atoms with Crippen molar-refractivity contribution >= 4 is 38.3 Å². The van der Waals surface area contributed by atoms with E-state index in [2.05, 4.69) is 10.4 Å². The molecular formula is C21H27N5O3S2. The van der Waals surface area contributed by atoms with Crippen LogP contribution in [0.1, 0.15) is 48.0 Å². The first-order valence-corrected chi connectivity index (χ1v) is 13.0. The molecule has 3 aromatic heterocycles. The van der Waals surface area contributed by atoms with Crippen molar-refractivity contribution < 1.29 is 13.2 Å². The van der Waals surface area contributed by atoms with Crippen molar-refractivity contribution in [3.8, 4) is 10.6 Å². The van der Waals surface area contributed by atoms with Gasteiger partial charge < -0.3 is 5.32 Å². The Balaban J connectivity index is 1.71. The third kappa shape index (κ3) is 4.51. The molecule has 1 aliphatic rings. The van der Waals surface area contributed by atoms with Crippen LogP contribution < -0.4 is 5.32 Å². The fraction of sp³-hybridized carbons (Fsp3) is 0.476. The van der Waals surface area contributed by atoms with Crippen LogP contribution in [0.4, 0.5) is 0 Å². The quantitative estimate of drug-likeness (QED) is 0.629. The number of nitrogens with zero attached hydrogens (tertiary/aromatic N) is 4. The highest BCUT2D eigenvalue weighted by Gasteiger charge is 2.28. The lowest BCUT2D eigenvalue weighted by Gasteiger charge is -2.31. The summed E-state index contributed by atoms with van der Waals surface area (Å²) >= 11 is 1.63. The lowest BCUT2D eigenvalue weighted by atomic mass is 10.1. The summed E-state index contributed by atoms with van der Waals surface area (Å²) < 4.78 is 27.1. The number of aryl methyl sites for hydroxylation is 1. The van der Waals surface area contributed by atoms with Gasteiger partial charge in [0.2, 0.25) is 10.0 Å². The van der Waals surface area contributed by atoms with E-state index < -0.39 is 10.0 Å². The highest BCUT2D eigenvalue weighted by Crippen LogP contribution is 2.30. The molecular weight excluding hydrogens is 434 g/mol. The minimum atomic E-state index is -3.28. The van der Waals surface area contributed by atoms with Gasteiger partial charge in [-0.2, -0.15) is 5.10 Å². The van der Waals surface area contributed by atoms with Crippen molar-refractivity contribution in [2.75, 3.05) is 19.3 Å². The number of rotatable bonds is 5. The van der Waals surface area contributed by atoms with Crippen LogP contribution in [0.3, 0.4) is 0 Å². The maximum Gasteiger partial charge on any atom is 0.252 e. The zero-order valence-electron chi connectivity index (χ0n) is 18.1. The Morgan fingerprint density at radius 1 is 1.32 bits per heavy atom. The molecule has 1 amide bonds. The molecule has 0 bridgehead atoms. The summed E-state index contributed by atoms with van der Waals surface area (Å²) in [6, 6.07) is 5.73. The molecule has 0 aromatic carbocycles. The number of hydrogen-bond acceptors (Lipinski definition) is 6. The van der Waals surface area contributed by atoms with Gasteiger partial charge in [-0.15, -0.1) is 11.3 Å². The number of piperidine rings is 1. The molecule has 1 unspecified atom stereocenters. The Bertz CT molecular complexity index is 1230. The molecule has 166 valence electrons. The maximum absolute atomic E-state index is 13.3. The van der Waals surface area contributed by atoms with Crippen LogP contribution in [0.15, 0.2) is 24.4 Å². The average Bonchev–Trinajstić information content (AvgIpc) is 3.33. The summed E-state index contributed by atoms with van der Waals surface area (Å²) in [5, 5.41) is 8.20. The number of carbonyl (C=O) groups excluding carboxylic acids is 1. The van der Waals surface area contributed by atoms with Crippen LogP contribution >= 0.6 is 11.3 Å². The van der Waals surface area contributed by atoms with E-state index in [9.17, 15) is 13.2 Å². The predicted octanol–water partition coefficient (Wildman–Crippen LogP) is 3.20. The average molecular weight is 462 g/mol. The normalized spacial score (nSPS) is 18.0. The first-order valence-electron chi connectivity index (χ1n) is 10.3. The fourth-order valence-corrected chi connectivity index (χ4v) is 5.65.